The molecule has 0 spiro atoms. The molecule has 3 heterocycles. The zero-order chi connectivity index (χ0) is 15.7. The van der Waals surface area contributed by atoms with E-state index >= 15 is 0 Å². The van der Waals surface area contributed by atoms with Gasteiger partial charge in [0.25, 0.3) is 5.56 Å². The fourth-order valence-corrected chi connectivity index (χ4v) is 4.38. The predicted molar refractivity (Wildman–Crippen MR) is 92.7 cm³/mol. The second kappa shape index (κ2) is 6.50. The highest BCUT2D eigenvalue weighted by atomic mass is 32.1. The molecule has 1 unspecified atom stereocenters. The molecule has 1 fully saturated rings. The van der Waals surface area contributed by atoms with Crippen LogP contribution in [0.3, 0.4) is 0 Å². The smallest absolute Gasteiger partial charge is 0.262 e. The van der Waals surface area contributed by atoms with Gasteiger partial charge in [-0.2, -0.15) is 0 Å². The maximum Gasteiger partial charge on any atom is 0.262 e. The average Bonchev–Trinajstić information content (AvgIpc) is 2.88. The quantitative estimate of drug-likeness (QED) is 0.866. The zero-order valence-electron chi connectivity index (χ0n) is 13.7. The molecule has 0 aliphatic carbocycles. The lowest BCUT2D eigenvalue weighted by Crippen LogP contribution is -2.44. The normalized spacial score (nSPS) is 20.1. The third kappa shape index (κ3) is 3.10. The van der Waals surface area contributed by atoms with E-state index in [1.165, 1.54) is 25.8 Å². The van der Waals surface area contributed by atoms with Crippen molar-refractivity contribution in [2.45, 2.75) is 65.1 Å². The Bertz CT molecular complexity index is 703. The van der Waals surface area contributed by atoms with Gasteiger partial charge >= 0.3 is 0 Å². The van der Waals surface area contributed by atoms with E-state index in [0.29, 0.717) is 12.1 Å². The summed E-state index contributed by atoms with van der Waals surface area (Å²) in [5.41, 5.74) is 0.112. The molecule has 0 saturated carbocycles. The summed E-state index contributed by atoms with van der Waals surface area (Å²) in [4.78, 5) is 21.6. The van der Waals surface area contributed by atoms with Gasteiger partial charge in [-0.15, -0.1) is 11.3 Å². The summed E-state index contributed by atoms with van der Waals surface area (Å²) in [5, 5.41) is 0.773. The summed E-state index contributed by atoms with van der Waals surface area (Å²) in [7, 11) is 0. The van der Waals surface area contributed by atoms with Crippen molar-refractivity contribution in [1.29, 1.82) is 0 Å². The third-order valence-electron chi connectivity index (χ3n) is 4.68. The maximum atomic E-state index is 12.5. The minimum absolute atomic E-state index is 0.112. The highest BCUT2D eigenvalue weighted by Crippen LogP contribution is 2.23. The fourth-order valence-electron chi connectivity index (χ4n) is 3.54. The topological polar surface area (TPSA) is 38.1 Å². The van der Waals surface area contributed by atoms with Crippen LogP contribution in [-0.4, -0.2) is 33.1 Å². The highest BCUT2D eigenvalue weighted by Gasteiger charge is 2.24. The Labute approximate surface area is 135 Å². The average molecular weight is 319 g/mol. The van der Waals surface area contributed by atoms with Crippen molar-refractivity contribution in [3.63, 3.8) is 0 Å². The Kier molecular flexibility index (Phi) is 4.64. The van der Waals surface area contributed by atoms with Crippen molar-refractivity contribution >= 4 is 21.6 Å². The van der Waals surface area contributed by atoms with Gasteiger partial charge < -0.3 is 0 Å². The first kappa shape index (κ1) is 15.7. The van der Waals surface area contributed by atoms with Crippen LogP contribution in [0.1, 0.15) is 44.4 Å². The summed E-state index contributed by atoms with van der Waals surface area (Å²) < 4.78 is 1.79. The molecule has 2 aromatic heterocycles. The molecule has 3 rings (SSSR count). The molecular weight excluding hydrogens is 294 g/mol. The Balaban J connectivity index is 1.75. The SMILES string of the molecule is Cc1cc2c(=O)n(CCC3CCCCN3C(C)C)cnc2s1. The number of nitrogens with zero attached hydrogens (tertiary/aromatic N) is 3. The number of rotatable bonds is 4. The van der Waals surface area contributed by atoms with Gasteiger partial charge in [0.15, 0.2) is 0 Å². The van der Waals surface area contributed by atoms with Gasteiger partial charge in [0.1, 0.15) is 4.83 Å². The Morgan fingerprint density at radius 1 is 1.41 bits per heavy atom. The Morgan fingerprint density at radius 2 is 2.23 bits per heavy atom. The summed E-state index contributed by atoms with van der Waals surface area (Å²) >= 11 is 1.59. The molecular formula is C17H25N3OS. The van der Waals surface area contributed by atoms with Crippen LogP contribution >= 0.6 is 11.3 Å². The van der Waals surface area contributed by atoms with E-state index in [2.05, 4.69) is 23.7 Å². The molecule has 120 valence electrons. The Hall–Kier alpha value is -1.20. The largest absolute Gasteiger partial charge is 0.299 e. The summed E-state index contributed by atoms with van der Waals surface area (Å²) in [5.74, 6) is 0. The molecule has 4 nitrogen and oxygen atoms in total. The van der Waals surface area contributed by atoms with Crippen molar-refractivity contribution in [3.05, 3.63) is 27.6 Å². The monoisotopic (exact) mass is 319 g/mol. The molecule has 2 aromatic rings. The molecule has 1 aliphatic heterocycles. The maximum absolute atomic E-state index is 12.5. The zero-order valence-corrected chi connectivity index (χ0v) is 14.5. The van der Waals surface area contributed by atoms with Crippen molar-refractivity contribution in [2.24, 2.45) is 0 Å². The predicted octanol–water partition coefficient (Wildman–Crippen LogP) is 3.42. The summed E-state index contributed by atoms with van der Waals surface area (Å²) in [6, 6.07) is 3.15. The molecule has 0 amide bonds. The van der Waals surface area contributed by atoms with E-state index in [1.54, 1.807) is 22.2 Å². The van der Waals surface area contributed by atoms with Crippen molar-refractivity contribution < 1.29 is 0 Å². The van der Waals surface area contributed by atoms with Crippen molar-refractivity contribution in [1.82, 2.24) is 14.5 Å². The van der Waals surface area contributed by atoms with Crippen LogP contribution < -0.4 is 5.56 Å². The number of aryl methyl sites for hydroxylation is 2. The van der Waals surface area contributed by atoms with Crippen LogP contribution in [0.4, 0.5) is 0 Å². The first-order valence-electron chi connectivity index (χ1n) is 8.27. The molecule has 22 heavy (non-hydrogen) atoms. The van der Waals surface area contributed by atoms with E-state index < -0.39 is 0 Å². The lowest BCUT2D eigenvalue weighted by Gasteiger charge is -2.38. The van der Waals surface area contributed by atoms with Gasteiger partial charge in [-0.25, -0.2) is 4.98 Å². The van der Waals surface area contributed by atoms with E-state index in [0.717, 1.165) is 28.1 Å². The van der Waals surface area contributed by atoms with E-state index in [4.69, 9.17) is 0 Å². The van der Waals surface area contributed by atoms with Crippen LogP contribution in [-0.2, 0) is 6.54 Å². The lowest BCUT2D eigenvalue weighted by atomic mass is 9.98. The molecule has 0 N–H and O–H groups in total. The number of thiophene rings is 1. The first-order chi connectivity index (χ1) is 10.6. The van der Waals surface area contributed by atoms with E-state index in [-0.39, 0.29) is 5.56 Å². The second-order valence-corrected chi connectivity index (χ2v) is 7.82. The standard InChI is InChI=1S/C17H25N3OS/c1-12(2)20-8-5-4-6-14(20)7-9-19-11-18-16-15(17(19)21)10-13(3)22-16/h10-12,14H,4-9H2,1-3H3. The summed E-state index contributed by atoms with van der Waals surface area (Å²) in [6.07, 6.45) is 6.62. The molecule has 1 aliphatic rings. The van der Waals surface area contributed by atoms with E-state index in [9.17, 15) is 4.79 Å². The number of fused-ring (bicyclic) bond motifs is 1. The molecule has 0 aromatic carbocycles. The molecule has 1 saturated heterocycles. The highest BCUT2D eigenvalue weighted by molar-refractivity contribution is 7.18. The van der Waals surface area contributed by atoms with Gasteiger partial charge in [-0.3, -0.25) is 14.3 Å². The number of aromatic nitrogens is 2. The molecule has 1 atom stereocenters. The van der Waals surface area contributed by atoms with Crippen molar-refractivity contribution in [3.8, 4) is 0 Å². The first-order valence-corrected chi connectivity index (χ1v) is 9.09. The van der Waals surface area contributed by atoms with Crippen LogP contribution in [0.2, 0.25) is 0 Å². The van der Waals surface area contributed by atoms with Gasteiger partial charge in [-0.1, -0.05) is 6.42 Å². The third-order valence-corrected chi connectivity index (χ3v) is 5.64. The fraction of sp³-hybridized carbons (Fsp3) is 0.647. The number of piperidine rings is 1. The van der Waals surface area contributed by atoms with Gasteiger partial charge in [-0.05, 0) is 52.6 Å². The minimum atomic E-state index is 0.112. The van der Waals surface area contributed by atoms with E-state index in [1.807, 2.05) is 13.0 Å². The molecule has 0 bridgehead atoms. The number of hydrogen-bond acceptors (Lipinski definition) is 4. The van der Waals surface area contributed by atoms with Crippen LogP contribution in [0.15, 0.2) is 17.2 Å². The summed E-state index contributed by atoms with van der Waals surface area (Å²) in [6.45, 7) is 8.53. The van der Waals surface area contributed by atoms with Gasteiger partial charge in [0.2, 0.25) is 0 Å². The number of hydrogen-bond donors (Lipinski definition) is 0. The van der Waals surface area contributed by atoms with Crippen LogP contribution in [0, 0.1) is 6.92 Å². The number of likely N-dealkylation sites (tertiary alicyclic amines) is 1. The minimum Gasteiger partial charge on any atom is -0.299 e. The lowest BCUT2D eigenvalue weighted by molar-refractivity contribution is 0.102. The molecule has 5 heteroatoms. The second-order valence-electron chi connectivity index (χ2n) is 6.59. The Morgan fingerprint density at radius 3 is 3.00 bits per heavy atom. The van der Waals surface area contributed by atoms with Gasteiger partial charge in [0, 0.05) is 23.5 Å². The van der Waals surface area contributed by atoms with Gasteiger partial charge in [0.05, 0.1) is 11.7 Å². The van der Waals surface area contributed by atoms with Crippen LogP contribution in [0.25, 0.3) is 10.2 Å². The van der Waals surface area contributed by atoms with Crippen LogP contribution in [0.5, 0.6) is 0 Å². The molecule has 0 radical (unpaired) electrons. The van der Waals surface area contributed by atoms with Crippen molar-refractivity contribution in [2.75, 3.05) is 6.54 Å².